The number of ether oxygens (including phenoxy) is 1. The summed E-state index contributed by atoms with van der Waals surface area (Å²) >= 11 is 9.69. The molecule has 0 fully saturated rings. The third-order valence-corrected chi connectivity index (χ3v) is 3.78. The van der Waals surface area contributed by atoms with E-state index in [4.69, 9.17) is 16.3 Å². The minimum atomic E-state index is 0.283. The largest absolute Gasteiger partial charge is 0.495 e. The molecule has 1 aromatic heterocycles. The van der Waals surface area contributed by atoms with E-state index in [0.717, 1.165) is 15.7 Å². The Hall–Kier alpha value is -1.85. The molecule has 0 radical (unpaired) electrons. The molecule has 0 aliphatic carbocycles. The van der Waals surface area contributed by atoms with Crippen LogP contribution < -0.4 is 4.74 Å². The molecular formula is C15H11BrClN3O. The quantitative estimate of drug-likeness (QED) is 0.693. The van der Waals surface area contributed by atoms with Crippen LogP contribution in [0.1, 0.15) is 0 Å². The van der Waals surface area contributed by atoms with Gasteiger partial charge >= 0.3 is 0 Å². The van der Waals surface area contributed by atoms with Crippen LogP contribution in [-0.2, 0) is 0 Å². The summed E-state index contributed by atoms with van der Waals surface area (Å²) in [5.41, 5.74) is 1.71. The van der Waals surface area contributed by atoms with Gasteiger partial charge in [-0.1, -0.05) is 46.3 Å². The first-order valence-corrected chi connectivity index (χ1v) is 7.38. The maximum Gasteiger partial charge on any atom is 0.230 e. The predicted molar refractivity (Wildman–Crippen MR) is 86.1 cm³/mol. The second kappa shape index (κ2) is 5.87. The molecule has 1 heterocycles. The monoisotopic (exact) mass is 363 g/mol. The highest BCUT2D eigenvalue weighted by molar-refractivity contribution is 9.10. The zero-order valence-corrected chi connectivity index (χ0v) is 13.5. The lowest BCUT2D eigenvalue weighted by molar-refractivity contribution is 0.413. The van der Waals surface area contributed by atoms with Crippen molar-refractivity contribution in [1.82, 2.24) is 14.8 Å². The second-order valence-electron chi connectivity index (χ2n) is 4.31. The summed E-state index contributed by atoms with van der Waals surface area (Å²) in [5, 5.41) is 8.44. The van der Waals surface area contributed by atoms with Gasteiger partial charge in [-0.05, 0) is 29.8 Å². The average molecular weight is 365 g/mol. The highest BCUT2D eigenvalue weighted by Gasteiger charge is 2.17. The molecule has 6 heteroatoms. The van der Waals surface area contributed by atoms with Gasteiger partial charge in [-0.2, -0.15) is 0 Å². The lowest BCUT2D eigenvalue weighted by Crippen LogP contribution is -2.01. The Kier molecular flexibility index (Phi) is 3.94. The molecule has 0 spiro atoms. The van der Waals surface area contributed by atoms with Crippen LogP contribution in [0.4, 0.5) is 0 Å². The zero-order valence-electron chi connectivity index (χ0n) is 11.1. The summed E-state index contributed by atoms with van der Waals surface area (Å²) in [6, 6.07) is 15.4. The summed E-state index contributed by atoms with van der Waals surface area (Å²) in [5.74, 6) is 1.36. The van der Waals surface area contributed by atoms with Gasteiger partial charge in [0, 0.05) is 10.0 Å². The van der Waals surface area contributed by atoms with Crippen molar-refractivity contribution in [3.05, 3.63) is 58.3 Å². The summed E-state index contributed by atoms with van der Waals surface area (Å²) in [7, 11) is 1.62. The van der Waals surface area contributed by atoms with Crippen LogP contribution >= 0.6 is 27.5 Å². The molecule has 0 aliphatic heterocycles. The molecule has 21 heavy (non-hydrogen) atoms. The molecule has 0 amide bonds. The molecule has 0 unspecified atom stereocenters. The number of hydrogen-bond acceptors (Lipinski definition) is 3. The van der Waals surface area contributed by atoms with Gasteiger partial charge in [0.2, 0.25) is 5.28 Å². The van der Waals surface area contributed by atoms with Crippen molar-refractivity contribution in [2.45, 2.75) is 0 Å². The standard InChI is InChI=1S/C15H11BrClN3O/c1-21-13-8-7-11(16)9-12(13)20-14(18-19-15(20)17)10-5-3-2-4-6-10/h2-9H,1H3. The van der Waals surface area contributed by atoms with Crippen molar-refractivity contribution in [1.29, 1.82) is 0 Å². The van der Waals surface area contributed by atoms with Gasteiger partial charge in [0.25, 0.3) is 0 Å². The number of hydrogen-bond donors (Lipinski definition) is 0. The van der Waals surface area contributed by atoms with E-state index in [9.17, 15) is 0 Å². The minimum Gasteiger partial charge on any atom is -0.495 e. The van der Waals surface area contributed by atoms with Crippen molar-refractivity contribution >= 4 is 27.5 Å². The van der Waals surface area contributed by atoms with Crippen molar-refractivity contribution < 1.29 is 4.74 Å². The topological polar surface area (TPSA) is 39.9 Å². The van der Waals surface area contributed by atoms with Gasteiger partial charge in [-0.15, -0.1) is 10.2 Å². The second-order valence-corrected chi connectivity index (χ2v) is 5.56. The molecule has 0 saturated carbocycles. The first-order valence-electron chi connectivity index (χ1n) is 6.21. The Morgan fingerprint density at radius 3 is 2.57 bits per heavy atom. The van der Waals surface area contributed by atoms with E-state index in [-0.39, 0.29) is 5.28 Å². The van der Waals surface area contributed by atoms with Gasteiger partial charge in [-0.25, -0.2) is 0 Å². The maximum atomic E-state index is 6.23. The number of rotatable bonds is 3. The Labute approximate surface area is 135 Å². The number of nitrogens with zero attached hydrogens (tertiary/aromatic N) is 3. The van der Waals surface area contributed by atoms with Crippen LogP contribution in [-0.4, -0.2) is 21.9 Å². The molecule has 0 N–H and O–H groups in total. The lowest BCUT2D eigenvalue weighted by atomic mass is 10.2. The number of halogens is 2. The highest BCUT2D eigenvalue weighted by Crippen LogP contribution is 2.32. The van der Waals surface area contributed by atoms with Crippen LogP contribution in [0.5, 0.6) is 5.75 Å². The van der Waals surface area contributed by atoms with Crippen molar-refractivity contribution in [3.8, 4) is 22.8 Å². The Morgan fingerprint density at radius 2 is 1.86 bits per heavy atom. The first kappa shape index (κ1) is 14.1. The Bertz CT molecular complexity index is 774. The third kappa shape index (κ3) is 2.66. The molecule has 4 nitrogen and oxygen atoms in total. The van der Waals surface area contributed by atoms with Crippen molar-refractivity contribution in [2.75, 3.05) is 7.11 Å². The van der Waals surface area contributed by atoms with E-state index in [1.807, 2.05) is 48.5 Å². The van der Waals surface area contributed by atoms with Crippen LogP contribution in [0.25, 0.3) is 17.1 Å². The lowest BCUT2D eigenvalue weighted by Gasteiger charge is -2.12. The first-order chi connectivity index (χ1) is 10.2. The van der Waals surface area contributed by atoms with Crippen LogP contribution in [0.2, 0.25) is 5.28 Å². The van der Waals surface area contributed by atoms with Gasteiger partial charge in [0.1, 0.15) is 5.75 Å². The van der Waals surface area contributed by atoms with Crippen molar-refractivity contribution in [3.63, 3.8) is 0 Å². The average Bonchev–Trinajstić information content (AvgIpc) is 2.89. The van der Waals surface area contributed by atoms with Gasteiger partial charge < -0.3 is 4.74 Å². The molecule has 0 bridgehead atoms. The highest BCUT2D eigenvalue weighted by atomic mass is 79.9. The Morgan fingerprint density at radius 1 is 1.10 bits per heavy atom. The summed E-state index contributed by atoms with van der Waals surface area (Å²) in [6.45, 7) is 0. The minimum absolute atomic E-state index is 0.283. The van der Waals surface area contributed by atoms with Gasteiger partial charge in [-0.3, -0.25) is 4.57 Å². The Balaban J connectivity index is 2.24. The molecule has 106 valence electrons. The molecule has 0 saturated heterocycles. The van der Waals surface area contributed by atoms with Gasteiger partial charge in [0.05, 0.1) is 12.8 Å². The number of aromatic nitrogens is 3. The van der Waals surface area contributed by atoms with Crippen LogP contribution in [0.15, 0.2) is 53.0 Å². The fraction of sp³-hybridized carbons (Fsp3) is 0.0667. The number of benzene rings is 2. The summed E-state index contributed by atoms with van der Waals surface area (Å²) in [4.78, 5) is 0. The molecule has 3 rings (SSSR count). The third-order valence-electron chi connectivity index (χ3n) is 3.04. The summed E-state index contributed by atoms with van der Waals surface area (Å²) < 4.78 is 8.10. The van der Waals surface area contributed by atoms with E-state index in [0.29, 0.717) is 11.6 Å². The summed E-state index contributed by atoms with van der Waals surface area (Å²) in [6.07, 6.45) is 0. The molecule has 2 aromatic carbocycles. The van der Waals surface area contributed by atoms with Crippen LogP contribution in [0.3, 0.4) is 0 Å². The van der Waals surface area contributed by atoms with E-state index in [1.54, 1.807) is 11.7 Å². The van der Waals surface area contributed by atoms with E-state index in [1.165, 1.54) is 0 Å². The molecule has 3 aromatic rings. The van der Waals surface area contributed by atoms with E-state index in [2.05, 4.69) is 26.1 Å². The van der Waals surface area contributed by atoms with Crippen LogP contribution in [0, 0.1) is 0 Å². The fourth-order valence-electron chi connectivity index (χ4n) is 2.09. The smallest absolute Gasteiger partial charge is 0.230 e. The molecular weight excluding hydrogens is 354 g/mol. The maximum absolute atomic E-state index is 6.23. The SMILES string of the molecule is COc1ccc(Br)cc1-n1c(Cl)nnc1-c1ccccc1. The molecule has 0 aliphatic rings. The predicted octanol–water partition coefficient (Wildman–Crippen LogP) is 4.36. The van der Waals surface area contributed by atoms with Gasteiger partial charge in [0.15, 0.2) is 5.82 Å². The van der Waals surface area contributed by atoms with E-state index >= 15 is 0 Å². The van der Waals surface area contributed by atoms with E-state index < -0.39 is 0 Å². The zero-order chi connectivity index (χ0) is 14.8. The fourth-order valence-corrected chi connectivity index (χ4v) is 2.65. The normalized spacial score (nSPS) is 10.6. The molecule has 0 atom stereocenters. The van der Waals surface area contributed by atoms with Crippen molar-refractivity contribution in [2.24, 2.45) is 0 Å². The number of methoxy groups -OCH3 is 1.